The van der Waals surface area contributed by atoms with Crippen molar-refractivity contribution in [2.75, 3.05) is 46.0 Å². The first kappa shape index (κ1) is 19.8. The molecule has 0 fully saturated rings. The number of likely N-dealkylation sites (N-methyl/N-ethyl adjacent to an activating group) is 1. The Morgan fingerprint density at radius 3 is 1.52 bits per heavy atom. The molecule has 0 spiro atoms. The Kier molecular flexibility index (Phi) is 11.8. The number of hydrogen-bond acceptors (Lipinski definition) is 5. The van der Waals surface area contributed by atoms with E-state index in [1.54, 1.807) is 4.90 Å². The minimum Gasteiger partial charge on any atom is -0.395 e. The zero-order valence-corrected chi connectivity index (χ0v) is 12.8. The van der Waals surface area contributed by atoms with Crippen molar-refractivity contribution >= 4 is 11.8 Å². The van der Waals surface area contributed by atoms with Crippen LogP contribution in [0.3, 0.4) is 0 Å². The van der Waals surface area contributed by atoms with Gasteiger partial charge in [0.05, 0.1) is 19.8 Å². The minimum atomic E-state index is -0.128. The second-order valence-corrected chi connectivity index (χ2v) is 4.73. The summed E-state index contributed by atoms with van der Waals surface area (Å²) in [5.74, 6) is -0.130. The monoisotopic (exact) mass is 304 g/mol. The van der Waals surface area contributed by atoms with Crippen LogP contribution in [0.25, 0.3) is 0 Å². The molecule has 0 atom stereocenters. The van der Waals surface area contributed by atoms with Gasteiger partial charge in [-0.25, -0.2) is 0 Å². The minimum absolute atomic E-state index is 0.0124. The van der Waals surface area contributed by atoms with Gasteiger partial charge in [0.2, 0.25) is 11.8 Å². The Morgan fingerprint density at radius 1 is 0.762 bits per heavy atom. The molecule has 124 valence electrons. The van der Waals surface area contributed by atoms with Crippen LogP contribution in [0.2, 0.25) is 0 Å². The van der Waals surface area contributed by atoms with Crippen LogP contribution in [-0.4, -0.2) is 82.9 Å². The maximum atomic E-state index is 11.8. The molecule has 0 saturated heterocycles. The average molecular weight is 304 g/mol. The van der Waals surface area contributed by atoms with E-state index in [-0.39, 0.29) is 44.7 Å². The van der Waals surface area contributed by atoms with Gasteiger partial charge in [-0.15, -0.1) is 0 Å². The number of carbonyl (C=O) groups excluding carboxylic acids is 2. The van der Waals surface area contributed by atoms with Gasteiger partial charge in [-0.1, -0.05) is 0 Å². The number of aliphatic hydroxyl groups is 3. The quantitative estimate of drug-likeness (QED) is 0.410. The fraction of sp³-hybridized carbons (Fsp3) is 0.857. The summed E-state index contributed by atoms with van der Waals surface area (Å²) < 4.78 is 0. The lowest BCUT2D eigenvalue weighted by Gasteiger charge is -2.21. The van der Waals surface area contributed by atoms with Gasteiger partial charge in [0, 0.05) is 39.0 Å². The van der Waals surface area contributed by atoms with E-state index in [2.05, 4.69) is 0 Å². The first-order chi connectivity index (χ1) is 10.1. The molecule has 0 bridgehead atoms. The molecule has 7 heteroatoms. The zero-order valence-electron chi connectivity index (χ0n) is 12.8. The van der Waals surface area contributed by atoms with Crippen LogP contribution in [0.4, 0.5) is 0 Å². The summed E-state index contributed by atoms with van der Waals surface area (Å²) in [4.78, 5) is 26.6. The molecule has 0 radical (unpaired) electrons. The SMILES string of the molecule is CCN(CCO)C(=O)CCCCC(=O)N(CCO)CCO. The molecule has 21 heavy (non-hydrogen) atoms. The average Bonchev–Trinajstić information content (AvgIpc) is 2.48. The Bertz CT molecular complexity index is 293. The number of nitrogens with zero attached hydrogens (tertiary/aromatic N) is 2. The Labute approximate surface area is 126 Å². The highest BCUT2D eigenvalue weighted by atomic mass is 16.3. The van der Waals surface area contributed by atoms with Crippen molar-refractivity contribution in [3.63, 3.8) is 0 Å². The highest BCUT2D eigenvalue weighted by Crippen LogP contribution is 2.06. The lowest BCUT2D eigenvalue weighted by atomic mass is 10.1. The smallest absolute Gasteiger partial charge is 0.222 e. The summed E-state index contributed by atoms with van der Waals surface area (Å²) in [6.07, 6.45) is 1.87. The molecule has 0 aromatic heterocycles. The Morgan fingerprint density at radius 2 is 1.14 bits per heavy atom. The third-order valence-corrected chi connectivity index (χ3v) is 3.23. The summed E-state index contributed by atoms with van der Waals surface area (Å²) in [5, 5.41) is 26.5. The molecule has 0 heterocycles. The molecule has 0 aliphatic rings. The summed E-state index contributed by atoms with van der Waals surface area (Å²) >= 11 is 0. The van der Waals surface area contributed by atoms with E-state index in [1.807, 2.05) is 6.92 Å². The van der Waals surface area contributed by atoms with Crippen molar-refractivity contribution in [2.45, 2.75) is 32.6 Å². The summed E-state index contributed by atoms with van der Waals surface area (Å²) in [6, 6.07) is 0. The third kappa shape index (κ3) is 8.64. The van der Waals surface area contributed by atoms with Crippen molar-refractivity contribution in [3.05, 3.63) is 0 Å². The molecule has 0 aromatic rings. The maximum absolute atomic E-state index is 11.8. The summed E-state index contributed by atoms with van der Waals surface area (Å²) in [6.45, 7) is 2.91. The molecule has 3 N–H and O–H groups in total. The normalized spacial score (nSPS) is 10.5. The van der Waals surface area contributed by atoms with Gasteiger partial charge < -0.3 is 25.1 Å². The van der Waals surface area contributed by atoms with E-state index in [0.29, 0.717) is 38.8 Å². The van der Waals surface area contributed by atoms with Gasteiger partial charge in [-0.3, -0.25) is 9.59 Å². The zero-order chi connectivity index (χ0) is 16.1. The molecule has 0 aliphatic heterocycles. The predicted molar refractivity (Wildman–Crippen MR) is 78.6 cm³/mol. The second-order valence-electron chi connectivity index (χ2n) is 4.73. The van der Waals surface area contributed by atoms with Gasteiger partial charge in [-0.2, -0.15) is 0 Å². The van der Waals surface area contributed by atoms with Crippen molar-refractivity contribution in [1.29, 1.82) is 0 Å². The van der Waals surface area contributed by atoms with Crippen molar-refractivity contribution in [2.24, 2.45) is 0 Å². The fourth-order valence-electron chi connectivity index (χ4n) is 2.05. The predicted octanol–water partition coefficient (Wildman–Crippen LogP) is -0.799. The van der Waals surface area contributed by atoms with Gasteiger partial charge in [-0.05, 0) is 19.8 Å². The summed E-state index contributed by atoms with van der Waals surface area (Å²) in [7, 11) is 0. The van der Waals surface area contributed by atoms with Gasteiger partial charge in [0.1, 0.15) is 0 Å². The van der Waals surface area contributed by atoms with Crippen LogP contribution < -0.4 is 0 Å². The van der Waals surface area contributed by atoms with E-state index in [1.165, 1.54) is 4.90 Å². The van der Waals surface area contributed by atoms with Gasteiger partial charge >= 0.3 is 0 Å². The molecule has 0 unspecified atom stereocenters. The van der Waals surface area contributed by atoms with E-state index in [0.717, 1.165) is 0 Å². The van der Waals surface area contributed by atoms with E-state index in [4.69, 9.17) is 15.3 Å². The Hall–Kier alpha value is -1.18. The molecule has 0 aliphatic carbocycles. The molecule has 0 saturated carbocycles. The van der Waals surface area contributed by atoms with Crippen LogP contribution in [0, 0.1) is 0 Å². The van der Waals surface area contributed by atoms with Crippen molar-refractivity contribution < 1.29 is 24.9 Å². The van der Waals surface area contributed by atoms with Gasteiger partial charge in [0.25, 0.3) is 0 Å². The standard InChI is InChI=1S/C14H28N2O5/c1-2-15(7-10-17)13(20)5-3-4-6-14(21)16(8-11-18)9-12-19/h17-19H,2-12H2,1H3. The number of rotatable bonds is 12. The van der Waals surface area contributed by atoms with E-state index < -0.39 is 0 Å². The highest BCUT2D eigenvalue weighted by molar-refractivity contribution is 5.77. The van der Waals surface area contributed by atoms with Crippen LogP contribution in [-0.2, 0) is 9.59 Å². The van der Waals surface area contributed by atoms with Crippen molar-refractivity contribution in [1.82, 2.24) is 9.80 Å². The molecular weight excluding hydrogens is 276 g/mol. The van der Waals surface area contributed by atoms with Crippen LogP contribution in [0.1, 0.15) is 32.6 Å². The topological polar surface area (TPSA) is 101 Å². The first-order valence-corrected chi connectivity index (χ1v) is 7.48. The van der Waals surface area contributed by atoms with E-state index >= 15 is 0 Å². The van der Waals surface area contributed by atoms with Crippen LogP contribution >= 0.6 is 0 Å². The molecular formula is C14H28N2O5. The number of aliphatic hydroxyl groups excluding tert-OH is 3. The number of carbonyl (C=O) groups is 2. The second kappa shape index (κ2) is 12.6. The maximum Gasteiger partial charge on any atom is 0.222 e. The van der Waals surface area contributed by atoms with Crippen LogP contribution in [0.15, 0.2) is 0 Å². The van der Waals surface area contributed by atoms with Crippen molar-refractivity contribution in [3.8, 4) is 0 Å². The lowest BCUT2D eigenvalue weighted by Crippen LogP contribution is -2.35. The highest BCUT2D eigenvalue weighted by Gasteiger charge is 2.13. The van der Waals surface area contributed by atoms with E-state index in [9.17, 15) is 9.59 Å². The fourth-order valence-corrected chi connectivity index (χ4v) is 2.05. The molecule has 0 rings (SSSR count). The first-order valence-electron chi connectivity index (χ1n) is 7.48. The lowest BCUT2D eigenvalue weighted by molar-refractivity contribution is -0.133. The molecule has 2 amide bonds. The number of amides is 2. The molecule has 0 aromatic carbocycles. The molecule has 7 nitrogen and oxygen atoms in total. The Balaban J connectivity index is 3.96. The number of hydrogen-bond donors (Lipinski definition) is 3. The number of unbranched alkanes of at least 4 members (excludes halogenated alkanes) is 1. The van der Waals surface area contributed by atoms with Gasteiger partial charge in [0.15, 0.2) is 0 Å². The third-order valence-electron chi connectivity index (χ3n) is 3.23. The largest absolute Gasteiger partial charge is 0.395 e. The van der Waals surface area contributed by atoms with Crippen LogP contribution in [0.5, 0.6) is 0 Å². The summed E-state index contributed by atoms with van der Waals surface area (Å²) in [5.41, 5.74) is 0.